The summed E-state index contributed by atoms with van der Waals surface area (Å²) in [6.07, 6.45) is 2.02. The lowest BCUT2D eigenvalue weighted by Crippen LogP contribution is -2.39. The summed E-state index contributed by atoms with van der Waals surface area (Å²) in [4.78, 5) is 12.4. The zero-order valence-electron chi connectivity index (χ0n) is 14.6. The van der Waals surface area contributed by atoms with Gasteiger partial charge >= 0.3 is 6.03 Å². The van der Waals surface area contributed by atoms with E-state index in [-0.39, 0.29) is 11.6 Å². The molecule has 1 aromatic carbocycles. The van der Waals surface area contributed by atoms with Crippen molar-refractivity contribution in [1.29, 1.82) is 0 Å². The van der Waals surface area contributed by atoms with Gasteiger partial charge in [0.25, 0.3) is 0 Å². The number of rotatable bonds is 5. The number of benzene rings is 1. The summed E-state index contributed by atoms with van der Waals surface area (Å²) >= 11 is 0. The van der Waals surface area contributed by atoms with Crippen LogP contribution < -0.4 is 10.6 Å². The predicted molar refractivity (Wildman–Crippen MR) is 91.4 cm³/mol. The Morgan fingerprint density at radius 1 is 1.36 bits per heavy atom. The van der Waals surface area contributed by atoms with Gasteiger partial charge in [0.15, 0.2) is 0 Å². The molecule has 0 saturated heterocycles. The lowest BCUT2D eigenvalue weighted by Gasteiger charge is -2.20. The summed E-state index contributed by atoms with van der Waals surface area (Å²) in [5.41, 5.74) is 0.147. The van der Waals surface area contributed by atoms with Gasteiger partial charge in [0.2, 0.25) is 0 Å². The zero-order chi connectivity index (χ0) is 18.2. The number of halogens is 2. The highest BCUT2D eigenvalue weighted by Gasteiger charge is 2.47. The highest BCUT2D eigenvalue weighted by atomic mass is 19.1. The molecule has 1 saturated carbocycles. The molecule has 2 aromatic rings. The molecule has 134 valence electrons. The van der Waals surface area contributed by atoms with Crippen LogP contribution in [0, 0.1) is 18.6 Å². The predicted octanol–water partition coefficient (Wildman–Crippen LogP) is 4.25. The van der Waals surface area contributed by atoms with E-state index >= 15 is 0 Å². The van der Waals surface area contributed by atoms with E-state index in [1.54, 1.807) is 10.7 Å². The lowest BCUT2D eigenvalue weighted by molar-refractivity contribution is 0.246. The fraction of sp³-hybridized carbons (Fsp3) is 0.444. The monoisotopic (exact) mass is 348 g/mol. The van der Waals surface area contributed by atoms with E-state index in [1.807, 2.05) is 20.8 Å². The third kappa shape index (κ3) is 3.50. The van der Waals surface area contributed by atoms with Crippen molar-refractivity contribution in [2.45, 2.75) is 51.6 Å². The highest BCUT2D eigenvalue weighted by Crippen LogP contribution is 2.46. The molecule has 5 nitrogen and oxygen atoms in total. The summed E-state index contributed by atoms with van der Waals surface area (Å²) in [6.45, 7) is 5.91. The zero-order valence-corrected chi connectivity index (χ0v) is 14.6. The first-order valence-corrected chi connectivity index (χ1v) is 8.45. The first-order valence-electron chi connectivity index (χ1n) is 8.45. The fourth-order valence-corrected chi connectivity index (χ4v) is 2.93. The van der Waals surface area contributed by atoms with Crippen LogP contribution >= 0.6 is 0 Å². The van der Waals surface area contributed by atoms with E-state index in [9.17, 15) is 13.6 Å². The molecule has 25 heavy (non-hydrogen) atoms. The Labute approximate surface area is 145 Å². The topological polar surface area (TPSA) is 59.0 Å². The van der Waals surface area contributed by atoms with Crippen LogP contribution in [0.3, 0.4) is 0 Å². The number of nitrogens with zero attached hydrogens (tertiary/aromatic N) is 2. The van der Waals surface area contributed by atoms with E-state index < -0.39 is 23.2 Å². The normalized spacial score (nSPS) is 16.4. The molecule has 3 rings (SSSR count). The number of nitrogens with one attached hydrogen (secondary N) is 2. The molecule has 1 atom stereocenters. The minimum absolute atomic E-state index is 0.138. The number of aryl methyl sites for hydroxylation is 1. The number of amides is 2. The number of hydrogen-bond donors (Lipinski definition) is 2. The standard InChI is InChI=1S/C18H22F2N4O/c1-4-12(3)24-16(9-11(2)23-24)21-17(25)22-18(7-8-18)14-10-13(19)5-6-15(14)20/h5-6,9-10,12H,4,7-8H2,1-3H3,(H2,21,22,25)/t12-/m1/s1. The Hall–Kier alpha value is -2.44. The van der Waals surface area contributed by atoms with Gasteiger partial charge in [-0.05, 0) is 51.3 Å². The van der Waals surface area contributed by atoms with Crippen molar-refractivity contribution in [3.05, 3.63) is 47.2 Å². The van der Waals surface area contributed by atoms with E-state index in [1.165, 1.54) is 0 Å². The van der Waals surface area contributed by atoms with Crippen molar-refractivity contribution in [1.82, 2.24) is 15.1 Å². The highest BCUT2D eigenvalue weighted by molar-refractivity contribution is 5.89. The molecule has 2 N–H and O–H groups in total. The molecule has 1 heterocycles. The Bertz CT molecular complexity index is 798. The molecule has 0 aliphatic heterocycles. The van der Waals surface area contributed by atoms with Crippen molar-refractivity contribution in [3.8, 4) is 0 Å². The minimum atomic E-state index is -0.841. The maximum atomic E-state index is 14.0. The average molecular weight is 348 g/mol. The van der Waals surface area contributed by atoms with Crippen LogP contribution in [-0.2, 0) is 5.54 Å². The van der Waals surface area contributed by atoms with Gasteiger partial charge < -0.3 is 5.32 Å². The van der Waals surface area contributed by atoms with Crippen LogP contribution in [-0.4, -0.2) is 15.8 Å². The summed E-state index contributed by atoms with van der Waals surface area (Å²) in [5, 5.41) is 9.97. The Morgan fingerprint density at radius 2 is 2.08 bits per heavy atom. The van der Waals surface area contributed by atoms with Crippen molar-refractivity contribution in [2.75, 3.05) is 5.32 Å². The average Bonchev–Trinajstić information content (AvgIpc) is 3.24. The first kappa shape index (κ1) is 17.4. The van der Waals surface area contributed by atoms with Gasteiger partial charge in [0, 0.05) is 11.6 Å². The summed E-state index contributed by atoms with van der Waals surface area (Å²) in [7, 11) is 0. The second-order valence-electron chi connectivity index (χ2n) is 6.66. The van der Waals surface area contributed by atoms with Gasteiger partial charge in [-0.3, -0.25) is 5.32 Å². The minimum Gasteiger partial charge on any atom is -0.328 e. The molecule has 1 aromatic heterocycles. The van der Waals surface area contributed by atoms with Crippen LogP contribution in [0.1, 0.15) is 50.4 Å². The molecule has 2 amide bonds. The molecule has 1 aliphatic rings. The second-order valence-corrected chi connectivity index (χ2v) is 6.66. The molecular weight excluding hydrogens is 326 g/mol. The maximum absolute atomic E-state index is 14.0. The van der Waals surface area contributed by atoms with Crippen LogP contribution in [0.5, 0.6) is 0 Å². The Morgan fingerprint density at radius 3 is 2.72 bits per heavy atom. The Kier molecular flexibility index (Phi) is 4.49. The fourth-order valence-electron chi connectivity index (χ4n) is 2.93. The van der Waals surface area contributed by atoms with Crippen LogP contribution in [0.2, 0.25) is 0 Å². The van der Waals surface area contributed by atoms with E-state index in [4.69, 9.17) is 0 Å². The number of carbonyl (C=O) groups excluding carboxylic acids is 1. The summed E-state index contributed by atoms with van der Waals surface area (Å²) < 4.78 is 29.3. The van der Waals surface area contributed by atoms with Crippen molar-refractivity contribution in [3.63, 3.8) is 0 Å². The van der Waals surface area contributed by atoms with Gasteiger partial charge in [-0.1, -0.05) is 6.92 Å². The lowest BCUT2D eigenvalue weighted by atomic mass is 10.0. The van der Waals surface area contributed by atoms with Crippen LogP contribution in [0.15, 0.2) is 24.3 Å². The quantitative estimate of drug-likeness (QED) is 0.848. The van der Waals surface area contributed by atoms with Crippen molar-refractivity contribution in [2.24, 2.45) is 0 Å². The van der Waals surface area contributed by atoms with Gasteiger partial charge in [0.05, 0.1) is 17.3 Å². The van der Waals surface area contributed by atoms with Gasteiger partial charge in [-0.15, -0.1) is 0 Å². The second kappa shape index (κ2) is 6.46. The summed E-state index contributed by atoms with van der Waals surface area (Å²) in [5.74, 6) is -0.449. The SMILES string of the molecule is CC[C@@H](C)n1nc(C)cc1NC(=O)NC1(c2cc(F)ccc2F)CC1. The van der Waals surface area contributed by atoms with E-state index in [2.05, 4.69) is 15.7 Å². The molecule has 1 fully saturated rings. The molecule has 0 unspecified atom stereocenters. The summed E-state index contributed by atoms with van der Waals surface area (Å²) in [6, 6.07) is 4.78. The third-order valence-electron chi connectivity index (χ3n) is 4.65. The van der Waals surface area contributed by atoms with Crippen molar-refractivity contribution >= 4 is 11.8 Å². The van der Waals surface area contributed by atoms with Gasteiger partial charge in [-0.2, -0.15) is 5.10 Å². The number of urea groups is 1. The van der Waals surface area contributed by atoms with Crippen LogP contribution in [0.4, 0.5) is 19.4 Å². The van der Waals surface area contributed by atoms with Crippen LogP contribution in [0.25, 0.3) is 0 Å². The maximum Gasteiger partial charge on any atom is 0.321 e. The number of anilines is 1. The first-order chi connectivity index (χ1) is 11.8. The third-order valence-corrected chi connectivity index (χ3v) is 4.65. The smallest absolute Gasteiger partial charge is 0.321 e. The Balaban J connectivity index is 1.76. The van der Waals surface area contributed by atoms with Gasteiger partial charge in [0.1, 0.15) is 17.5 Å². The molecule has 0 spiro atoms. The largest absolute Gasteiger partial charge is 0.328 e. The molecule has 0 radical (unpaired) electrons. The number of hydrogen-bond acceptors (Lipinski definition) is 2. The van der Waals surface area contributed by atoms with Crippen molar-refractivity contribution < 1.29 is 13.6 Å². The molecule has 1 aliphatic carbocycles. The van der Waals surface area contributed by atoms with E-state index in [0.717, 1.165) is 30.3 Å². The van der Waals surface area contributed by atoms with Gasteiger partial charge in [-0.25, -0.2) is 18.3 Å². The number of aromatic nitrogens is 2. The molecular formula is C18H22F2N4O. The van der Waals surface area contributed by atoms with E-state index in [0.29, 0.717) is 18.7 Å². The molecule has 0 bridgehead atoms. The molecule has 7 heteroatoms. The number of carbonyl (C=O) groups is 1.